The van der Waals surface area contributed by atoms with Crippen molar-refractivity contribution in [2.24, 2.45) is 0 Å². The maximum atomic E-state index is 13.2. The number of aromatic nitrogens is 1. The van der Waals surface area contributed by atoms with Crippen LogP contribution in [0, 0.1) is 6.92 Å². The zero-order valence-electron chi connectivity index (χ0n) is 21.1. The van der Waals surface area contributed by atoms with Gasteiger partial charge in [0.05, 0.1) is 36.6 Å². The van der Waals surface area contributed by atoms with E-state index in [4.69, 9.17) is 24.3 Å². The van der Waals surface area contributed by atoms with E-state index in [9.17, 15) is 4.79 Å². The van der Waals surface area contributed by atoms with Gasteiger partial charge < -0.3 is 24.6 Å². The summed E-state index contributed by atoms with van der Waals surface area (Å²) in [6, 6.07) is 23.9. The summed E-state index contributed by atoms with van der Waals surface area (Å²) in [5.74, 6) is -0.143. The number of anilines is 1. The summed E-state index contributed by atoms with van der Waals surface area (Å²) in [7, 11) is 0. The summed E-state index contributed by atoms with van der Waals surface area (Å²) in [5, 5.41) is 12.7. The predicted octanol–water partition coefficient (Wildman–Crippen LogP) is 5.65. The predicted molar refractivity (Wildman–Crippen MR) is 149 cm³/mol. The summed E-state index contributed by atoms with van der Waals surface area (Å²) in [4.78, 5) is 17.9. The van der Waals surface area contributed by atoms with Crippen LogP contribution in [-0.4, -0.2) is 48.7 Å². The summed E-state index contributed by atoms with van der Waals surface area (Å²) < 4.78 is 18.2. The van der Waals surface area contributed by atoms with Crippen molar-refractivity contribution < 1.29 is 24.1 Å². The number of amides is 1. The second-order valence-corrected chi connectivity index (χ2v) is 10.1. The molecule has 4 aromatic rings. The van der Waals surface area contributed by atoms with Gasteiger partial charge >= 0.3 is 0 Å². The molecule has 0 aliphatic carbocycles. The number of benzene rings is 3. The Balaban J connectivity index is 1.27. The molecular weight excluding hydrogens is 500 g/mol. The molecule has 38 heavy (non-hydrogen) atoms. The summed E-state index contributed by atoms with van der Waals surface area (Å²) in [6.07, 6.45) is 1.84. The molecule has 1 aliphatic rings. The zero-order chi connectivity index (χ0) is 26.3. The first-order chi connectivity index (χ1) is 18.6. The number of allylic oxidation sites excluding steroid dienone is 1. The van der Waals surface area contributed by atoms with E-state index in [1.165, 1.54) is 5.56 Å². The van der Waals surface area contributed by atoms with Gasteiger partial charge in [-0.25, -0.2) is 4.98 Å². The molecule has 0 bridgehead atoms. The maximum absolute atomic E-state index is 13.2. The number of carbonyl (C=O) groups is 1. The fourth-order valence-electron chi connectivity index (χ4n) is 4.30. The number of aliphatic hydroxyl groups excluding tert-OH is 1. The molecule has 3 aromatic carbocycles. The first-order valence-electron chi connectivity index (χ1n) is 12.6. The van der Waals surface area contributed by atoms with Gasteiger partial charge in [0.15, 0.2) is 5.76 Å². The van der Waals surface area contributed by atoms with Crippen molar-refractivity contribution in [3.63, 3.8) is 0 Å². The van der Waals surface area contributed by atoms with Crippen LogP contribution >= 0.6 is 11.3 Å². The molecule has 2 heterocycles. The molecule has 0 radical (unpaired) electrons. The number of hydrogen-bond acceptors (Lipinski definition) is 7. The third-order valence-electron chi connectivity index (χ3n) is 6.21. The fourth-order valence-corrected chi connectivity index (χ4v) is 5.37. The van der Waals surface area contributed by atoms with Crippen molar-refractivity contribution >= 4 is 33.1 Å². The number of carbonyl (C=O) groups excluding carboxylic acids is 1. The van der Waals surface area contributed by atoms with Crippen LogP contribution in [0.25, 0.3) is 20.8 Å². The molecule has 5 rings (SSSR count). The monoisotopic (exact) mass is 530 g/mol. The standard InChI is InChI=1S/C30H30N2O5S/c1-20-7-12-25-27(17-20)38-30(32-25)22-8-10-24(11-9-22)31-29(34)26-18-23(21-5-3-2-4-6-21)19-28(37-26)36-16-15-35-14-13-33/h2-12,17-18,23,28,33H,13-16,19H2,1H3,(H,31,34). The Morgan fingerprint density at radius 3 is 2.68 bits per heavy atom. The highest BCUT2D eigenvalue weighted by Crippen LogP contribution is 2.33. The van der Waals surface area contributed by atoms with Crippen molar-refractivity contribution in [1.29, 1.82) is 0 Å². The van der Waals surface area contributed by atoms with Gasteiger partial charge in [0.1, 0.15) is 5.01 Å². The van der Waals surface area contributed by atoms with E-state index < -0.39 is 6.29 Å². The molecular formula is C30H30N2O5S. The number of nitrogens with one attached hydrogen (secondary N) is 1. The number of hydrogen-bond donors (Lipinski definition) is 2. The SMILES string of the molecule is Cc1ccc2nc(-c3ccc(NC(=O)C4=CC(c5ccccc5)CC(OCCOCCO)O4)cc3)sc2c1. The largest absolute Gasteiger partial charge is 0.459 e. The highest BCUT2D eigenvalue weighted by atomic mass is 32.1. The Labute approximate surface area is 225 Å². The molecule has 0 saturated heterocycles. The van der Waals surface area contributed by atoms with Gasteiger partial charge in [0, 0.05) is 23.6 Å². The van der Waals surface area contributed by atoms with E-state index >= 15 is 0 Å². The average Bonchev–Trinajstić information content (AvgIpc) is 3.37. The normalized spacial score (nSPS) is 17.2. The molecule has 2 N–H and O–H groups in total. The Kier molecular flexibility index (Phi) is 8.45. The molecule has 0 saturated carbocycles. The molecule has 8 heteroatoms. The Morgan fingerprint density at radius 1 is 1.08 bits per heavy atom. The first kappa shape index (κ1) is 26.1. The van der Waals surface area contributed by atoms with Gasteiger partial charge in [-0.15, -0.1) is 11.3 Å². The average molecular weight is 531 g/mol. The lowest BCUT2D eigenvalue weighted by Gasteiger charge is -2.29. The van der Waals surface area contributed by atoms with E-state index in [-0.39, 0.29) is 30.8 Å². The number of nitrogens with zero attached hydrogens (tertiary/aromatic N) is 1. The molecule has 196 valence electrons. The van der Waals surface area contributed by atoms with E-state index in [0.29, 0.717) is 25.3 Å². The molecule has 1 aromatic heterocycles. The van der Waals surface area contributed by atoms with E-state index in [0.717, 1.165) is 26.4 Å². The van der Waals surface area contributed by atoms with Crippen LogP contribution in [0.15, 0.2) is 84.6 Å². The maximum Gasteiger partial charge on any atom is 0.290 e. The van der Waals surface area contributed by atoms with Crippen molar-refractivity contribution in [2.45, 2.75) is 25.6 Å². The molecule has 2 unspecified atom stereocenters. The lowest BCUT2D eigenvalue weighted by molar-refractivity contribution is -0.148. The van der Waals surface area contributed by atoms with E-state index in [2.05, 4.69) is 24.4 Å². The van der Waals surface area contributed by atoms with Crippen LogP contribution in [0.4, 0.5) is 5.69 Å². The second kappa shape index (κ2) is 12.3. The summed E-state index contributed by atoms with van der Waals surface area (Å²) in [6.45, 7) is 2.93. The van der Waals surface area contributed by atoms with Gasteiger partial charge in [0.2, 0.25) is 6.29 Å². The minimum Gasteiger partial charge on any atom is -0.459 e. The van der Waals surface area contributed by atoms with Gasteiger partial charge in [-0.2, -0.15) is 0 Å². The molecule has 1 amide bonds. The molecule has 2 atom stereocenters. The number of aliphatic hydroxyl groups is 1. The Bertz CT molecular complexity index is 1400. The number of thiazole rings is 1. The second-order valence-electron chi connectivity index (χ2n) is 9.06. The first-order valence-corrected chi connectivity index (χ1v) is 13.4. The van der Waals surface area contributed by atoms with Crippen LogP contribution in [0.1, 0.15) is 23.5 Å². The Morgan fingerprint density at radius 2 is 1.89 bits per heavy atom. The zero-order valence-corrected chi connectivity index (χ0v) is 21.9. The van der Waals surface area contributed by atoms with E-state index in [1.54, 1.807) is 11.3 Å². The fraction of sp³-hybridized carbons (Fsp3) is 0.267. The van der Waals surface area contributed by atoms with Gasteiger partial charge in [-0.05, 0) is 60.5 Å². The number of fused-ring (bicyclic) bond motifs is 1. The lowest BCUT2D eigenvalue weighted by Crippen LogP contribution is -2.30. The quantitative estimate of drug-likeness (QED) is 0.258. The van der Waals surface area contributed by atoms with Gasteiger partial charge in [-0.1, -0.05) is 36.4 Å². The van der Waals surface area contributed by atoms with Crippen LogP contribution in [-0.2, 0) is 19.0 Å². The smallest absolute Gasteiger partial charge is 0.290 e. The lowest BCUT2D eigenvalue weighted by atomic mass is 9.93. The summed E-state index contributed by atoms with van der Waals surface area (Å²) >= 11 is 1.65. The number of aryl methyl sites for hydroxylation is 1. The third-order valence-corrected chi connectivity index (χ3v) is 7.28. The minimum atomic E-state index is -0.589. The van der Waals surface area contributed by atoms with Crippen LogP contribution < -0.4 is 5.32 Å². The van der Waals surface area contributed by atoms with Crippen molar-refractivity contribution in [2.75, 3.05) is 31.7 Å². The van der Waals surface area contributed by atoms with E-state index in [1.807, 2.05) is 66.7 Å². The molecule has 0 fully saturated rings. The number of ether oxygens (including phenoxy) is 3. The summed E-state index contributed by atoms with van der Waals surface area (Å²) in [5.41, 5.74) is 4.94. The Hall–Kier alpha value is -3.56. The third kappa shape index (κ3) is 6.46. The van der Waals surface area contributed by atoms with Crippen molar-refractivity contribution in [3.8, 4) is 10.6 Å². The number of rotatable bonds is 10. The van der Waals surface area contributed by atoms with Gasteiger partial charge in [-0.3, -0.25) is 4.79 Å². The van der Waals surface area contributed by atoms with Crippen LogP contribution in [0.2, 0.25) is 0 Å². The van der Waals surface area contributed by atoms with Gasteiger partial charge in [0.25, 0.3) is 5.91 Å². The van der Waals surface area contributed by atoms with Crippen molar-refractivity contribution in [3.05, 3.63) is 95.8 Å². The van der Waals surface area contributed by atoms with Crippen LogP contribution in [0.3, 0.4) is 0 Å². The highest BCUT2D eigenvalue weighted by Gasteiger charge is 2.28. The highest BCUT2D eigenvalue weighted by molar-refractivity contribution is 7.21. The molecule has 7 nitrogen and oxygen atoms in total. The van der Waals surface area contributed by atoms with Crippen molar-refractivity contribution in [1.82, 2.24) is 4.98 Å². The topological polar surface area (TPSA) is 89.9 Å². The minimum absolute atomic E-state index is 0.0286. The molecule has 0 spiro atoms. The van der Waals surface area contributed by atoms with Crippen LogP contribution in [0.5, 0.6) is 0 Å². The molecule has 1 aliphatic heterocycles.